The van der Waals surface area contributed by atoms with Crippen molar-refractivity contribution in [2.45, 2.75) is 12.6 Å². The highest BCUT2D eigenvalue weighted by Gasteiger charge is 2.39. The van der Waals surface area contributed by atoms with E-state index in [4.69, 9.17) is 21.1 Å². The summed E-state index contributed by atoms with van der Waals surface area (Å²) in [4.78, 5) is 56.4. The molecule has 5 rings (SSSR count). The van der Waals surface area contributed by atoms with Crippen LogP contribution in [-0.2, 0) is 20.9 Å². The van der Waals surface area contributed by atoms with Crippen molar-refractivity contribution < 1.29 is 28.7 Å². The number of Topliss-reactive ketones (excluding diaryl/α,β-unsaturated/α-hetero) is 1. The van der Waals surface area contributed by atoms with Gasteiger partial charge in [0.25, 0.3) is 17.6 Å². The van der Waals surface area contributed by atoms with Gasteiger partial charge in [0.05, 0.1) is 25.5 Å². The van der Waals surface area contributed by atoms with Gasteiger partial charge in [-0.1, -0.05) is 48.0 Å². The molecule has 43 heavy (non-hydrogen) atoms. The third-order valence-electron chi connectivity index (χ3n) is 7.11. The Morgan fingerprint density at radius 3 is 2.07 bits per heavy atom. The Labute approximate surface area is 253 Å². The molecule has 9 nitrogen and oxygen atoms in total. The van der Waals surface area contributed by atoms with Crippen LogP contribution in [0.4, 0.5) is 11.4 Å². The molecule has 0 fully saturated rings. The first-order valence-corrected chi connectivity index (χ1v) is 13.7. The van der Waals surface area contributed by atoms with E-state index in [1.165, 1.54) is 12.0 Å². The maximum absolute atomic E-state index is 14.2. The van der Waals surface area contributed by atoms with Gasteiger partial charge < -0.3 is 19.7 Å². The molecule has 0 aliphatic carbocycles. The Balaban J connectivity index is 1.54. The Hall–Kier alpha value is -5.15. The molecular weight excluding hydrogens is 570 g/mol. The topological polar surface area (TPSA) is 105 Å². The molecule has 1 aliphatic heterocycles. The van der Waals surface area contributed by atoms with Crippen LogP contribution < -0.4 is 19.7 Å². The van der Waals surface area contributed by atoms with Crippen LogP contribution >= 0.6 is 11.6 Å². The fourth-order valence-electron chi connectivity index (χ4n) is 4.89. The van der Waals surface area contributed by atoms with Crippen molar-refractivity contribution in [1.29, 1.82) is 0 Å². The van der Waals surface area contributed by atoms with Crippen LogP contribution in [-0.4, -0.2) is 49.2 Å². The molecule has 1 unspecified atom stereocenters. The summed E-state index contributed by atoms with van der Waals surface area (Å²) in [5, 5.41) is 3.42. The molecule has 4 aromatic rings. The average molecular weight is 598 g/mol. The summed E-state index contributed by atoms with van der Waals surface area (Å²) in [5.74, 6) is -1.32. The van der Waals surface area contributed by atoms with Crippen molar-refractivity contribution in [3.63, 3.8) is 0 Å². The maximum atomic E-state index is 14.2. The number of fused-ring (bicyclic) bond motifs is 1. The van der Waals surface area contributed by atoms with E-state index in [1.54, 1.807) is 104 Å². The van der Waals surface area contributed by atoms with Gasteiger partial charge in [-0.25, -0.2) is 0 Å². The number of para-hydroxylation sites is 1. The van der Waals surface area contributed by atoms with Gasteiger partial charge >= 0.3 is 0 Å². The molecule has 0 spiro atoms. The van der Waals surface area contributed by atoms with Crippen LogP contribution in [0.25, 0.3) is 0 Å². The molecule has 1 aliphatic rings. The molecule has 0 bridgehead atoms. The first-order chi connectivity index (χ1) is 20.8. The summed E-state index contributed by atoms with van der Waals surface area (Å²) in [6, 6.07) is 25.9. The summed E-state index contributed by atoms with van der Waals surface area (Å²) in [7, 11) is 3.08. The molecule has 0 radical (unpaired) electrons. The number of halogens is 1. The van der Waals surface area contributed by atoms with Crippen molar-refractivity contribution >= 4 is 46.5 Å². The molecule has 0 saturated heterocycles. The monoisotopic (exact) mass is 597 g/mol. The van der Waals surface area contributed by atoms with E-state index in [2.05, 4.69) is 5.32 Å². The van der Waals surface area contributed by atoms with Gasteiger partial charge in [-0.2, -0.15) is 0 Å². The predicted octanol–water partition coefficient (Wildman–Crippen LogP) is 5.30. The highest BCUT2D eigenvalue weighted by molar-refractivity contribution is 6.52. The molecule has 4 aromatic carbocycles. The smallest absolute Gasteiger partial charge is 0.299 e. The van der Waals surface area contributed by atoms with E-state index in [1.807, 2.05) is 0 Å². The number of carbonyl (C=O) groups is 4. The van der Waals surface area contributed by atoms with Gasteiger partial charge in [-0.15, -0.1) is 0 Å². The summed E-state index contributed by atoms with van der Waals surface area (Å²) >= 11 is 6.11. The lowest BCUT2D eigenvalue weighted by Crippen LogP contribution is -2.46. The minimum Gasteiger partial charge on any atom is -0.497 e. The second-order valence-electron chi connectivity index (χ2n) is 9.78. The van der Waals surface area contributed by atoms with Gasteiger partial charge in [-0.3, -0.25) is 24.1 Å². The minimum atomic E-state index is -1.13. The zero-order chi connectivity index (χ0) is 30.5. The zero-order valence-corrected chi connectivity index (χ0v) is 24.2. The summed E-state index contributed by atoms with van der Waals surface area (Å²) < 4.78 is 10.5. The second kappa shape index (κ2) is 12.8. The van der Waals surface area contributed by atoms with Gasteiger partial charge in [-0.05, 0) is 71.8 Å². The predicted molar refractivity (Wildman–Crippen MR) is 162 cm³/mol. The fraction of sp³-hybridized carbons (Fsp3) is 0.152. The van der Waals surface area contributed by atoms with Crippen molar-refractivity contribution in [3.05, 3.63) is 119 Å². The number of anilines is 2. The molecule has 3 amide bonds. The quantitative estimate of drug-likeness (QED) is 0.249. The molecule has 1 atom stereocenters. The Morgan fingerprint density at radius 1 is 0.837 bits per heavy atom. The van der Waals surface area contributed by atoms with Gasteiger partial charge in [0, 0.05) is 17.3 Å². The molecule has 0 aromatic heterocycles. The van der Waals surface area contributed by atoms with Crippen LogP contribution in [0.15, 0.2) is 97.1 Å². The van der Waals surface area contributed by atoms with Crippen molar-refractivity contribution in [2.24, 2.45) is 0 Å². The van der Waals surface area contributed by atoms with Crippen LogP contribution in [0.2, 0.25) is 5.02 Å². The molecule has 10 heteroatoms. The number of rotatable bonds is 10. The number of hydrogen-bond donors (Lipinski definition) is 1. The number of carbonyl (C=O) groups excluding carboxylic acids is 4. The van der Waals surface area contributed by atoms with E-state index >= 15 is 0 Å². The number of amides is 3. The maximum Gasteiger partial charge on any atom is 0.299 e. The van der Waals surface area contributed by atoms with E-state index in [-0.39, 0.29) is 12.1 Å². The Kier molecular flexibility index (Phi) is 8.73. The standard InChI is InChI=1S/C33H28ClN3O6/c1-42-25-15-9-22(10-16-25)30(32(40)35-24-13-17-26(43-2)18-14-24)37(19-21-7-11-23(34)12-8-21)29(38)20-36-28-6-4-3-5-27(28)31(39)33(36)41/h3-18,30H,19-20H2,1-2H3,(H,35,40). The number of benzene rings is 4. The molecule has 0 saturated carbocycles. The van der Waals surface area contributed by atoms with Crippen LogP contribution in [0.1, 0.15) is 27.5 Å². The SMILES string of the molecule is COc1ccc(NC(=O)C(c2ccc(OC)cc2)N(Cc2ccc(Cl)cc2)C(=O)CN2C(=O)C(=O)c3ccccc32)cc1. The van der Waals surface area contributed by atoms with Crippen LogP contribution in [0, 0.1) is 0 Å². The third-order valence-corrected chi connectivity index (χ3v) is 7.36. The first-order valence-electron chi connectivity index (χ1n) is 13.4. The number of hydrogen-bond acceptors (Lipinski definition) is 6. The number of methoxy groups -OCH3 is 2. The minimum absolute atomic E-state index is 0.0142. The van der Waals surface area contributed by atoms with E-state index in [0.717, 1.165) is 4.90 Å². The number of ether oxygens (including phenoxy) is 2. The molecule has 1 N–H and O–H groups in total. The Bertz CT molecular complexity index is 1660. The lowest BCUT2D eigenvalue weighted by Gasteiger charge is -2.33. The molecule has 218 valence electrons. The zero-order valence-electron chi connectivity index (χ0n) is 23.5. The van der Waals surface area contributed by atoms with Gasteiger partial charge in [0.1, 0.15) is 24.1 Å². The largest absolute Gasteiger partial charge is 0.497 e. The first kappa shape index (κ1) is 29.3. The summed E-state index contributed by atoms with van der Waals surface area (Å²) in [5.41, 5.74) is 2.29. The highest BCUT2D eigenvalue weighted by atomic mass is 35.5. The van der Waals surface area contributed by atoms with Crippen LogP contribution in [0.5, 0.6) is 11.5 Å². The highest BCUT2D eigenvalue weighted by Crippen LogP contribution is 2.31. The summed E-state index contributed by atoms with van der Waals surface area (Å²) in [6.07, 6.45) is 0. The number of nitrogens with zero attached hydrogens (tertiary/aromatic N) is 2. The van der Waals surface area contributed by atoms with Crippen molar-refractivity contribution in [3.8, 4) is 11.5 Å². The molecule has 1 heterocycles. The molecular formula is C33H28ClN3O6. The third kappa shape index (κ3) is 6.37. The summed E-state index contributed by atoms with van der Waals surface area (Å²) in [6.45, 7) is -0.433. The van der Waals surface area contributed by atoms with E-state index in [9.17, 15) is 19.2 Å². The number of nitrogens with one attached hydrogen (secondary N) is 1. The van der Waals surface area contributed by atoms with Crippen LogP contribution in [0.3, 0.4) is 0 Å². The lowest BCUT2D eigenvalue weighted by molar-refractivity contribution is -0.139. The fourth-order valence-corrected chi connectivity index (χ4v) is 5.01. The van der Waals surface area contributed by atoms with E-state index in [0.29, 0.717) is 39.0 Å². The lowest BCUT2D eigenvalue weighted by atomic mass is 10.0. The number of ketones is 1. The van der Waals surface area contributed by atoms with Gasteiger partial charge in [0.2, 0.25) is 5.91 Å². The average Bonchev–Trinajstić information content (AvgIpc) is 3.27. The van der Waals surface area contributed by atoms with Crippen molar-refractivity contribution in [2.75, 3.05) is 31.0 Å². The van der Waals surface area contributed by atoms with Crippen molar-refractivity contribution in [1.82, 2.24) is 4.90 Å². The Morgan fingerprint density at radius 2 is 1.44 bits per heavy atom. The second-order valence-corrected chi connectivity index (χ2v) is 10.2. The van der Waals surface area contributed by atoms with Gasteiger partial charge in [0.15, 0.2) is 0 Å². The van der Waals surface area contributed by atoms with E-state index < -0.39 is 36.1 Å². The normalized spacial score (nSPS) is 12.9.